The van der Waals surface area contributed by atoms with E-state index in [1.165, 1.54) is 35.0 Å². The molecular weight excluding hydrogens is 662 g/mol. The number of carbonyl (C=O) groups excluding carboxylic acids is 6. The average Bonchev–Trinajstić information content (AvgIpc) is 3.08. The van der Waals surface area contributed by atoms with Gasteiger partial charge in [0.1, 0.15) is 12.1 Å². The monoisotopic (exact) mass is 736 g/mol. The van der Waals surface area contributed by atoms with Crippen molar-refractivity contribution in [1.29, 1.82) is 0 Å². The fourth-order valence-electron chi connectivity index (χ4n) is 4.03. The third kappa shape index (κ3) is 40.9. The zero-order valence-electron chi connectivity index (χ0n) is 33.7. The Labute approximate surface area is 307 Å². The highest BCUT2D eigenvalue weighted by molar-refractivity contribution is 5.83. The van der Waals surface area contributed by atoms with E-state index in [0.717, 1.165) is 71.4 Å². The number of esters is 2. The standard InChI is InChI=1S/2C10H20N2O3.C7H14N2O.C5H12N2O.C2H7N/c1-8(13)12-7-5-4-6-9(11-2)10(14)15-3;1-8(13)12-9(10(14)15-3)6-4-5-7-11-2;1-7(10)9-5-3-8(2)4-6-9;1-5(8)7-4-3-6-2;1-3-2/h2*9,11H,4-7H2,1-3H3,(H,12,13);3-6H2,1-2H3;6H,3-4H2,1-2H3,(H,7,8);3H,1-2H3. The molecule has 4 amide bonds. The summed E-state index contributed by atoms with van der Waals surface area (Å²) in [5.74, 6) is -0.618. The molecule has 17 heteroatoms. The van der Waals surface area contributed by atoms with Crippen molar-refractivity contribution in [2.75, 3.05) is 109 Å². The van der Waals surface area contributed by atoms with Gasteiger partial charge in [0.15, 0.2) is 0 Å². The number of nitrogens with one attached hydrogen (secondary N) is 7. The SMILES string of the molecule is CC(=O)N1CCN(C)CC1.CNC.CNC(CCCCNC(C)=O)C(=O)OC.CNCCCCC(NC(C)=O)C(=O)OC.CNCCNC(C)=O. The summed E-state index contributed by atoms with van der Waals surface area (Å²) < 4.78 is 9.23. The van der Waals surface area contributed by atoms with Crippen molar-refractivity contribution in [1.82, 2.24) is 47.0 Å². The molecule has 0 saturated carbocycles. The van der Waals surface area contributed by atoms with E-state index in [9.17, 15) is 28.8 Å². The van der Waals surface area contributed by atoms with Crippen LogP contribution in [0.25, 0.3) is 0 Å². The van der Waals surface area contributed by atoms with Crippen LogP contribution in [0.5, 0.6) is 0 Å². The summed E-state index contributed by atoms with van der Waals surface area (Å²) in [6.07, 6.45) is 4.94. The van der Waals surface area contributed by atoms with Crippen LogP contribution >= 0.6 is 0 Å². The smallest absolute Gasteiger partial charge is 0.328 e. The van der Waals surface area contributed by atoms with Gasteiger partial charge in [-0.25, -0.2) is 4.79 Å². The second-order valence-electron chi connectivity index (χ2n) is 11.6. The number of carbonyl (C=O) groups is 6. The number of rotatable bonds is 17. The lowest BCUT2D eigenvalue weighted by atomic mass is 10.1. The molecule has 0 bridgehead atoms. The second kappa shape index (κ2) is 39.4. The van der Waals surface area contributed by atoms with E-state index in [-0.39, 0.29) is 41.6 Å². The fraction of sp³-hybridized carbons (Fsp3) is 0.824. The lowest BCUT2D eigenvalue weighted by Crippen LogP contribution is -2.46. The van der Waals surface area contributed by atoms with Crippen LogP contribution < -0.4 is 37.2 Å². The van der Waals surface area contributed by atoms with Crippen LogP contribution in [0.4, 0.5) is 0 Å². The van der Waals surface area contributed by atoms with Crippen molar-refractivity contribution in [2.45, 2.75) is 78.3 Å². The maximum Gasteiger partial charge on any atom is 0.328 e. The van der Waals surface area contributed by atoms with E-state index in [2.05, 4.69) is 58.6 Å². The van der Waals surface area contributed by atoms with E-state index in [1.54, 1.807) is 14.0 Å². The molecule has 1 saturated heterocycles. The molecule has 0 aromatic carbocycles. The third-order valence-corrected chi connectivity index (χ3v) is 6.86. The van der Waals surface area contributed by atoms with Gasteiger partial charge in [0.2, 0.25) is 23.6 Å². The summed E-state index contributed by atoms with van der Waals surface area (Å²) in [5.41, 5.74) is 0. The Bertz CT molecular complexity index is 905. The van der Waals surface area contributed by atoms with Gasteiger partial charge < -0.3 is 56.5 Å². The molecule has 0 aromatic rings. The molecule has 1 aliphatic rings. The molecule has 51 heavy (non-hydrogen) atoms. The van der Waals surface area contributed by atoms with Crippen molar-refractivity contribution in [3.05, 3.63) is 0 Å². The molecule has 2 unspecified atom stereocenters. The number of methoxy groups -OCH3 is 2. The molecule has 2 atom stereocenters. The highest BCUT2D eigenvalue weighted by Crippen LogP contribution is 2.03. The Morgan fingerprint density at radius 2 is 1.02 bits per heavy atom. The topological polar surface area (TPSA) is 212 Å². The van der Waals surface area contributed by atoms with Crippen LogP contribution in [0.2, 0.25) is 0 Å². The number of ether oxygens (including phenoxy) is 2. The van der Waals surface area contributed by atoms with Crippen molar-refractivity contribution in [2.24, 2.45) is 0 Å². The molecule has 1 rings (SSSR count). The van der Waals surface area contributed by atoms with Crippen molar-refractivity contribution >= 4 is 35.6 Å². The quantitative estimate of drug-likeness (QED) is 0.0712. The van der Waals surface area contributed by atoms with Crippen molar-refractivity contribution in [3.63, 3.8) is 0 Å². The Morgan fingerprint density at radius 3 is 1.41 bits per heavy atom. The predicted molar refractivity (Wildman–Crippen MR) is 202 cm³/mol. The molecule has 1 fully saturated rings. The number of hydrogen-bond acceptors (Lipinski definition) is 13. The first-order valence-electron chi connectivity index (χ1n) is 17.5. The lowest BCUT2D eigenvalue weighted by molar-refractivity contribution is -0.145. The van der Waals surface area contributed by atoms with Gasteiger partial charge in [-0.1, -0.05) is 0 Å². The zero-order chi connectivity index (χ0) is 40.0. The highest BCUT2D eigenvalue weighted by atomic mass is 16.5. The van der Waals surface area contributed by atoms with E-state index in [1.807, 2.05) is 33.1 Å². The minimum absolute atomic E-state index is 0.0202. The van der Waals surface area contributed by atoms with Gasteiger partial charge in [-0.15, -0.1) is 0 Å². The number of nitrogens with zero attached hydrogens (tertiary/aromatic N) is 2. The summed E-state index contributed by atoms with van der Waals surface area (Å²) in [6, 6.07) is -0.753. The molecule has 7 N–H and O–H groups in total. The highest BCUT2D eigenvalue weighted by Gasteiger charge is 2.19. The molecule has 0 aromatic heterocycles. The minimum atomic E-state index is -0.510. The molecule has 17 nitrogen and oxygen atoms in total. The van der Waals surface area contributed by atoms with E-state index in [0.29, 0.717) is 19.5 Å². The van der Waals surface area contributed by atoms with Crippen LogP contribution in [-0.2, 0) is 38.2 Å². The first-order valence-corrected chi connectivity index (χ1v) is 17.5. The molecule has 302 valence electrons. The van der Waals surface area contributed by atoms with Crippen LogP contribution in [0.15, 0.2) is 0 Å². The number of piperazine rings is 1. The van der Waals surface area contributed by atoms with Crippen molar-refractivity contribution < 1.29 is 38.2 Å². The Kier molecular flexibility index (Phi) is 42.0. The van der Waals surface area contributed by atoms with Gasteiger partial charge in [0.25, 0.3) is 0 Å². The van der Waals surface area contributed by atoms with Gasteiger partial charge in [-0.3, -0.25) is 24.0 Å². The molecule has 0 spiro atoms. The number of unbranched alkanes of at least 4 members (excludes halogenated alkanes) is 2. The molecule has 0 radical (unpaired) electrons. The zero-order valence-corrected chi connectivity index (χ0v) is 33.7. The molecule has 0 aliphatic carbocycles. The Hall–Kier alpha value is -3.38. The Morgan fingerprint density at radius 1 is 0.588 bits per heavy atom. The van der Waals surface area contributed by atoms with Gasteiger partial charge in [-0.2, -0.15) is 0 Å². The first-order chi connectivity index (χ1) is 24.1. The summed E-state index contributed by atoms with van der Waals surface area (Å²) in [5, 5.41) is 19.5. The van der Waals surface area contributed by atoms with E-state index < -0.39 is 6.04 Å². The van der Waals surface area contributed by atoms with Crippen LogP contribution in [0.3, 0.4) is 0 Å². The van der Waals surface area contributed by atoms with Gasteiger partial charge in [0, 0.05) is 73.5 Å². The minimum Gasteiger partial charge on any atom is -0.468 e. The lowest BCUT2D eigenvalue weighted by Gasteiger charge is -2.31. The molecule has 1 aliphatic heterocycles. The summed E-state index contributed by atoms with van der Waals surface area (Å²) in [7, 11) is 14.0. The maximum absolute atomic E-state index is 11.3. The largest absolute Gasteiger partial charge is 0.468 e. The summed E-state index contributed by atoms with van der Waals surface area (Å²) in [6.45, 7) is 13.0. The van der Waals surface area contributed by atoms with Crippen molar-refractivity contribution in [3.8, 4) is 0 Å². The van der Waals surface area contributed by atoms with E-state index >= 15 is 0 Å². The van der Waals surface area contributed by atoms with E-state index in [4.69, 9.17) is 0 Å². The molecule has 1 heterocycles. The molecular formula is C34H73N9O8. The number of amides is 4. The predicted octanol–water partition coefficient (Wildman–Crippen LogP) is -0.935. The van der Waals surface area contributed by atoms with Gasteiger partial charge in [-0.05, 0) is 87.4 Å². The van der Waals surface area contributed by atoms with Crippen LogP contribution in [0, 0.1) is 0 Å². The number of likely N-dealkylation sites (N-methyl/N-ethyl adjacent to an activating group) is 3. The van der Waals surface area contributed by atoms with Gasteiger partial charge >= 0.3 is 11.9 Å². The maximum atomic E-state index is 11.3. The normalized spacial score (nSPS) is 12.9. The summed E-state index contributed by atoms with van der Waals surface area (Å²) in [4.78, 5) is 68.9. The van der Waals surface area contributed by atoms with Crippen LogP contribution in [-0.4, -0.2) is 166 Å². The number of hydrogen-bond donors (Lipinski definition) is 7. The third-order valence-electron chi connectivity index (χ3n) is 6.86. The van der Waals surface area contributed by atoms with Gasteiger partial charge in [0.05, 0.1) is 14.2 Å². The van der Waals surface area contributed by atoms with Crippen LogP contribution in [0.1, 0.15) is 66.2 Å². The summed E-state index contributed by atoms with van der Waals surface area (Å²) >= 11 is 0. The average molecular weight is 736 g/mol. The fourth-order valence-corrected chi connectivity index (χ4v) is 4.03. The second-order valence-corrected chi connectivity index (χ2v) is 11.6. The first kappa shape index (κ1) is 54.4. The Balaban J connectivity index is -0.000000288.